The average molecular weight is 326 g/mol. The van der Waals surface area contributed by atoms with E-state index in [1.807, 2.05) is 0 Å². The Morgan fingerprint density at radius 1 is 0.773 bits per heavy atom. The zero-order valence-corrected chi connectivity index (χ0v) is 14.0. The zero-order valence-electron chi connectivity index (χ0n) is 14.0. The predicted molar refractivity (Wildman–Crippen MR) is 84.0 cm³/mol. The van der Waals surface area contributed by atoms with Gasteiger partial charge in [0, 0.05) is 13.2 Å². The van der Waals surface area contributed by atoms with Crippen LogP contribution in [0.3, 0.4) is 0 Å². The Morgan fingerprint density at radius 3 is 1.73 bits per heavy atom. The van der Waals surface area contributed by atoms with Gasteiger partial charge in [-0.3, -0.25) is 0 Å². The van der Waals surface area contributed by atoms with Gasteiger partial charge in [-0.2, -0.15) is 13.2 Å². The second-order valence-electron chi connectivity index (χ2n) is 5.99. The van der Waals surface area contributed by atoms with Crippen LogP contribution in [0.2, 0.25) is 0 Å². The first-order chi connectivity index (χ1) is 10.5. The van der Waals surface area contributed by atoms with Gasteiger partial charge >= 0.3 is 6.18 Å². The van der Waals surface area contributed by atoms with E-state index >= 15 is 0 Å². The Hall–Kier alpha value is -0.290. The Balaban J connectivity index is 3.12. The van der Waals surface area contributed by atoms with E-state index in [1.54, 1.807) is 0 Å². The third-order valence-electron chi connectivity index (χ3n) is 3.79. The summed E-state index contributed by atoms with van der Waals surface area (Å²) in [6.07, 6.45) is 4.71. The molecule has 0 aliphatic rings. The van der Waals surface area contributed by atoms with Crippen LogP contribution < -0.4 is 0 Å². The van der Waals surface area contributed by atoms with Crippen molar-refractivity contribution in [3.63, 3.8) is 0 Å². The highest BCUT2D eigenvalue weighted by atomic mass is 19.4. The summed E-state index contributed by atoms with van der Waals surface area (Å²) in [5, 5.41) is 8.84. The highest BCUT2D eigenvalue weighted by molar-refractivity contribution is 4.64. The first-order valence-electron chi connectivity index (χ1n) is 8.81. The Kier molecular flexibility index (Phi) is 14.1. The van der Waals surface area contributed by atoms with E-state index in [0.717, 1.165) is 51.7 Å². The van der Waals surface area contributed by atoms with Crippen molar-refractivity contribution in [2.24, 2.45) is 0 Å². The topological polar surface area (TPSA) is 29.5 Å². The molecule has 0 radical (unpaired) electrons. The van der Waals surface area contributed by atoms with Crippen LogP contribution in [0.25, 0.3) is 0 Å². The molecule has 1 unspecified atom stereocenters. The second-order valence-corrected chi connectivity index (χ2v) is 5.99. The van der Waals surface area contributed by atoms with Crippen LogP contribution in [0.5, 0.6) is 0 Å². The van der Waals surface area contributed by atoms with Crippen LogP contribution in [-0.4, -0.2) is 30.6 Å². The highest BCUT2D eigenvalue weighted by Crippen LogP contribution is 2.24. The fourth-order valence-electron chi connectivity index (χ4n) is 2.32. The minimum atomic E-state index is -4.46. The summed E-state index contributed by atoms with van der Waals surface area (Å²) in [5.74, 6) is 0. The van der Waals surface area contributed by atoms with Crippen molar-refractivity contribution in [2.45, 2.75) is 96.3 Å². The van der Waals surface area contributed by atoms with Crippen LogP contribution in [-0.2, 0) is 4.74 Å². The van der Waals surface area contributed by atoms with Gasteiger partial charge in [-0.1, -0.05) is 64.7 Å². The lowest BCUT2D eigenvalue weighted by Gasteiger charge is -2.13. The number of hydrogen-bond donors (Lipinski definition) is 1. The second kappa shape index (κ2) is 14.3. The molecule has 5 heteroatoms. The van der Waals surface area contributed by atoms with Gasteiger partial charge in [0.15, 0.2) is 0 Å². The molecular weight excluding hydrogens is 293 g/mol. The monoisotopic (exact) mass is 326 g/mol. The fraction of sp³-hybridized carbons (Fsp3) is 1.00. The molecule has 0 bridgehead atoms. The fourth-order valence-corrected chi connectivity index (χ4v) is 2.32. The van der Waals surface area contributed by atoms with Crippen molar-refractivity contribution in [3.05, 3.63) is 0 Å². The molecule has 0 amide bonds. The smallest absolute Gasteiger partial charge is 0.384 e. The molecule has 0 aromatic heterocycles. The van der Waals surface area contributed by atoms with Crippen molar-refractivity contribution in [1.82, 2.24) is 0 Å². The summed E-state index contributed by atoms with van der Waals surface area (Å²) >= 11 is 0. The van der Waals surface area contributed by atoms with E-state index in [0.29, 0.717) is 6.42 Å². The largest absolute Gasteiger partial charge is 0.414 e. The first-order valence-corrected chi connectivity index (χ1v) is 8.81. The molecule has 0 saturated carbocycles. The molecule has 0 fully saturated rings. The molecule has 0 heterocycles. The third-order valence-corrected chi connectivity index (χ3v) is 3.79. The van der Waals surface area contributed by atoms with Gasteiger partial charge in [0.2, 0.25) is 0 Å². The maximum atomic E-state index is 12.0. The number of aliphatic hydroxyl groups is 1. The molecule has 0 aliphatic carbocycles. The molecule has 0 saturated heterocycles. The maximum absolute atomic E-state index is 12.0. The van der Waals surface area contributed by atoms with Crippen LogP contribution in [0.15, 0.2) is 0 Å². The Bertz CT molecular complexity index is 232. The van der Waals surface area contributed by atoms with E-state index in [1.165, 1.54) is 25.7 Å². The van der Waals surface area contributed by atoms with Crippen LogP contribution in [0, 0.1) is 0 Å². The molecular formula is C17H33F3O2. The Morgan fingerprint density at radius 2 is 1.23 bits per heavy atom. The summed E-state index contributed by atoms with van der Waals surface area (Å²) in [6, 6.07) is 0. The summed E-state index contributed by atoms with van der Waals surface area (Å²) in [4.78, 5) is 0. The van der Waals surface area contributed by atoms with Crippen molar-refractivity contribution >= 4 is 0 Å². The number of halogens is 3. The van der Waals surface area contributed by atoms with E-state index < -0.39 is 12.3 Å². The minimum absolute atomic E-state index is 0.176. The summed E-state index contributed by atoms with van der Waals surface area (Å²) in [7, 11) is 0. The predicted octanol–water partition coefficient (Wildman–Crippen LogP) is 5.63. The van der Waals surface area contributed by atoms with Gasteiger partial charge in [0.05, 0.1) is 0 Å². The molecule has 0 rings (SSSR count). The van der Waals surface area contributed by atoms with Gasteiger partial charge in [-0.05, 0) is 19.3 Å². The van der Waals surface area contributed by atoms with Gasteiger partial charge in [0.25, 0.3) is 0 Å². The van der Waals surface area contributed by atoms with Crippen LogP contribution in [0.1, 0.15) is 84.0 Å². The quantitative estimate of drug-likeness (QED) is 0.395. The highest BCUT2D eigenvalue weighted by Gasteiger charge is 2.37. The number of aliphatic hydroxyl groups excluding tert-OH is 1. The number of alkyl halides is 3. The summed E-state index contributed by atoms with van der Waals surface area (Å²) in [5.41, 5.74) is 0. The normalized spacial score (nSPS) is 13.5. The number of ether oxygens (including phenoxy) is 1. The molecule has 2 nitrogen and oxygen atoms in total. The molecule has 134 valence electrons. The van der Waals surface area contributed by atoms with Crippen molar-refractivity contribution in [1.29, 1.82) is 0 Å². The van der Waals surface area contributed by atoms with E-state index in [2.05, 4.69) is 6.92 Å². The number of hydrogen-bond acceptors (Lipinski definition) is 2. The van der Waals surface area contributed by atoms with Gasteiger partial charge < -0.3 is 9.84 Å². The van der Waals surface area contributed by atoms with Gasteiger partial charge in [-0.15, -0.1) is 0 Å². The maximum Gasteiger partial charge on any atom is 0.414 e. The molecule has 0 spiro atoms. The molecule has 0 aromatic carbocycles. The molecule has 1 N–H and O–H groups in total. The van der Waals surface area contributed by atoms with E-state index in [-0.39, 0.29) is 6.42 Å². The lowest BCUT2D eigenvalue weighted by Crippen LogP contribution is -2.28. The lowest BCUT2D eigenvalue weighted by molar-refractivity contribution is -0.205. The molecule has 0 aliphatic heterocycles. The van der Waals surface area contributed by atoms with Crippen molar-refractivity contribution < 1.29 is 23.0 Å². The average Bonchev–Trinajstić information content (AvgIpc) is 2.46. The number of unbranched alkanes of at least 4 members (excludes halogenated alkanes) is 9. The van der Waals surface area contributed by atoms with Crippen molar-refractivity contribution in [2.75, 3.05) is 13.2 Å². The molecule has 0 aromatic rings. The van der Waals surface area contributed by atoms with Crippen LogP contribution >= 0.6 is 0 Å². The zero-order chi connectivity index (χ0) is 16.7. The van der Waals surface area contributed by atoms with Gasteiger partial charge in [-0.25, -0.2) is 0 Å². The standard InChI is InChI=1S/C17H33F3O2/c1-2-3-4-8-11-14-22-15-12-9-6-5-7-10-13-16(21)17(18,19)20/h16,21H,2-15H2,1H3. The first kappa shape index (κ1) is 21.7. The van der Waals surface area contributed by atoms with E-state index in [9.17, 15) is 13.2 Å². The summed E-state index contributed by atoms with van der Waals surface area (Å²) < 4.78 is 41.7. The summed E-state index contributed by atoms with van der Waals surface area (Å²) in [6.45, 7) is 3.84. The Labute approximate surface area is 133 Å². The SMILES string of the molecule is CCCCCCCOCCCCCCCCC(O)C(F)(F)F. The van der Waals surface area contributed by atoms with Crippen LogP contribution in [0.4, 0.5) is 13.2 Å². The molecule has 22 heavy (non-hydrogen) atoms. The van der Waals surface area contributed by atoms with Crippen molar-refractivity contribution in [3.8, 4) is 0 Å². The third kappa shape index (κ3) is 14.6. The van der Waals surface area contributed by atoms with Gasteiger partial charge in [0.1, 0.15) is 6.10 Å². The minimum Gasteiger partial charge on any atom is -0.384 e. The molecule has 1 atom stereocenters. The van der Waals surface area contributed by atoms with E-state index in [4.69, 9.17) is 9.84 Å². The lowest BCUT2D eigenvalue weighted by atomic mass is 10.1. The number of rotatable bonds is 15.